The van der Waals surface area contributed by atoms with Gasteiger partial charge < -0.3 is 10.6 Å². The van der Waals surface area contributed by atoms with E-state index in [0.29, 0.717) is 18.0 Å². The van der Waals surface area contributed by atoms with E-state index in [1.54, 1.807) is 0 Å². The number of piperidine rings is 1. The minimum atomic E-state index is -4.32. The van der Waals surface area contributed by atoms with E-state index in [4.69, 9.17) is 0 Å². The van der Waals surface area contributed by atoms with E-state index in [2.05, 4.69) is 15.7 Å². The highest BCUT2D eigenvalue weighted by Gasteiger charge is 2.28. The van der Waals surface area contributed by atoms with Gasteiger partial charge in [0.05, 0.1) is 11.9 Å². The van der Waals surface area contributed by atoms with Gasteiger partial charge in [0.15, 0.2) is 0 Å². The molecule has 8 heteroatoms. The van der Waals surface area contributed by atoms with Gasteiger partial charge >= 0.3 is 6.18 Å². The van der Waals surface area contributed by atoms with Crippen molar-refractivity contribution in [1.82, 2.24) is 15.1 Å². The molecule has 0 aromatic carbocycles. The smallest absolute Gasteiger partial charge is 0.323 e. The van der Waals surface area contributed by atoms with Gasteiger partial charge in [-0.05, 0) is 37.8 Å². The van der Waals surface area contributed by atoms with E-state index in [9.17, 15) is 18.0 Å². The Hall–Kier alpha value is -1.57. The number of hydrogen-bond acceptors (Lipinski definition) is 3. The molecule has 0 saturated carbocycles. The van der Waals surface area contributed by atoms with Crippen LogP contribution >= 0.6 is 0 Å². The molecular formula is C14H21F3N4O. The summed E-state index contributed by atoms with van der Waals surface area (Å²) >= 11 is 0. The summed E-state index contributed by atoms with van der Waals surface area (Å²) in [6.45, 7) is 2.81. The Bertz CT molecular complexity index is 495. The molecule has 124 valence electrons. The number of nitrogens with zero attached hydrogens (tertiary/aromatic N) is 2. The molecule has 0 spiro atoms. The molecule has 1 amide bonds. The molecule has 5 nitrogen and oxygen atoms in total. The molecule has 1 aliphatic rings. The summed E-state index contributed by atoms with van der Waals surface area (Å²) in [5.41, 5.74) is 0.295. The maximum Gasteiger partial charge on any atom is 0.408 e. The summed E-state index contributed by atoms with van der Waals surface area (Å²) in [5, 5.41) is 9.52. The van der Waals surface area contributed by atoms with Crippen molar-refractivity contribution in [2.45, 2.75) is 38.9 Å². The van der Waals surface area contributed by atoms with Crippen LogP contribution in [0.3, 0.4) is 0 Å². The van der Waals surface area contributed by atoms with Crippen molar-refractivity contribution in [2.24, 2.45) is 11.8 Å². The molecule has 2 rings (SSSR count). The van der Waals surface area contributed by atoms with Crippen molar-refractivity contribution < 1.29 is 18.0 Å². The van der Waals surface area contributed by atoms with Crippen molar-refractivity contribution in [3.8, 4) is 0 Å². The van der Waals surface area contributed by atoms with Crippen LogP contribution in [0, 0.1) is 11.8 Å². The van der Waals surface area contributed by atoms with Gasteiger partial charge in [0.25, 0.3) is 0 Å². The first-order valence-electron chi connectivity index (χ1n) is 7.43. The number of hydrogen-bond donors (Lipinski definition) is 2. The van der Waals surface area contributed by atoms with Crippen LogP contribution in [0.25, 0.3) is 0 Å². The minimum absolute atomic E-state index is 0.190. The Morgan fingerprint density at radius 1 is 1.59 bits per heavy atom. The van der Waals surface area contributed by atoms with Crippen LogP contribution in [0.1, 0.15) is 26.2 Å². The normalized spacial score (nSPS) is 20.6. The third-order valence-electron chi connectivity index (χ3n) is 3.91. The lowest BCUT2D eigenvalue weighted by Gasteiger charge is -2.27. The van der Waals surface area contributed by atoms with Gasteiger partial charge in [0.2, 0.25) is 5.91 Å². The zero-order chi connectivity index (χ0) is 16.2. The molecule has 22 heavy (non-hydrogen) atoms. The molecule has 1 aromatic heterocycles. The monoisotopic (exact) mass is 318 g/mol. The van der Waals surface area contributed by atoms with Crippen LogP contribution in [-0.2, 0) is 11.3 Å². The summed E-state index contributed by atoms with van der Waals surface area (Å²) in [5.74, 6) is 0.509. The molecule has 1 saturated heterocycles. The molecule has 1 fully saturated rings. The molecule has 2 unspecified atom stereocenters. The Morgan fingerprint density at radius 3 is 3.00 bits per heavy atom. The van der Waals surface area contributed by atoms with Gasteiger partial charge in [0.1, 0.15) is 6.54 Å². The Balaban J connectivity index is 1.81. The molecular weight excluding hydrogens is 297 g/mol. The van der Waals surface area contributed by atoms with E-state index in [1.165, 1.54) is 12.4 Å². The second-order valence-electron chi connectivity index (χ2n) is 5.88. The lowest BCUT2D eigenvalue weighted by molar-refractivity contribution is -0.142. The average Bonchev–Trinajstić information content (AvgIpc) is 2.84. The van der Waals surface area contributed by atoms with Gasteiger partial charge in [-0.15, -0.1) is 0 Å². The third kappa shape index (κ3) is 5.32. The first-order valence-corrected chi connectivity index (χ1v) is 7.43. The van der Waals surface area contributed by atoms with Crippen LogP contribution < -0.4 is 10.6 Å². The third-order valence-corrected chi connectivity index (χ3v) is 3.91. The number of alkyl halides is 3. The first kappa shape index (κ1) is 16.8. The molecule has 2 atom stereocenters. The second-order valence-corrected chi connectivity index (χ2v) is 5.88. The molecule has 2 N–H and O–H groups in total. The Kier molecular flexibility index (Phi) is 5.44. The topological polar surface area (TPSA) is 59.0 Å². The molecule has 1 aliphatic heterocycles. The number of carbonyl (C=O) groups is 1. The highest BCUT2D eigenvalue weighted by molar-refractivity contribution is 5.90. The van der Waals surface area contributed by atoms with Gasteiger partial charge in [-0.25, -0.2) is 0 Å². The molecule has 0 bridgehead atoms. The van der Waals surface area contributed by atoms with Crippen LogP contribution in [0.5, 0.6) is 0 Å². The van der Waals surface area contributed by atoms with Crippen LogP contribution in [0.15, 0.2) is 12.4 Å². The van der Waals surface area contributed by atoms with E-state index in [-0.39, 0.29) is 11.8 Å². The van der Waals surface area contributed by atoms with Crippen molar-refractivity contribution in [1.29, 1.82) is 0 Å². The maximum atomic E-state index is 12.2. The lowest BCUT2D eigenvalue weighted by Crippen LogP contribution is -2.34. The number of nitrogens with one attached hydrogen (secondary N) is 2. The van der Waals surface area contributed by atoms with Crippen molar-refractivity contribution in [3.63, 3.8) is 0 Å². The van der Waals surface area contributed by atoms with Gasteiger partial charge in [-0.2, -0.15) is 18.3 Å². The summed E-state index contributed by atoms with van der Waals surface area (Å²) in [4.78, 5) is 12.0. The van der Waals surface area contributed by atoms with Crippen LogP contribution in [-0.4, -0.2) is 35.0 Å². The van der Waals surface area contributed by atoms with Gasteiger partial charge in [-0.3, -0.25) is 9.48 Å². The van der Waals surface area contributed by atoms with Crippen LogP contribution in [0.2, 0.25) is 0 Å². The highest BCUT2D eigenvalue weighted by Crippen LogP contribution is 2.23. The second kappa shape index (κ2) is 7.13. The fraction of sp³-hybridized carbons (Fsp3) is 0.714. The van der Waals surface area contributed by atoms with Crippen molar-refractivity contribution >= 4 is 11.6 Å². The van der Waals surface area contributed by atoms with E-state index < -0.39 is 12.7 Å². The van der Waals surface area contributed by atoms with Crippen LogP contribution in [0.4, 0.5) is 18.9 Å². The zero-order valence-electron chi connectivity index (χ0n) is 12.5. The van der Waals surface area contributed by atoms with E-state index in [0.717, 1.165) is 30.6 Å². The summed E-state index contributed by atoms with van der Waals surface area (Å²) in [6.07, 6.45) is 0.674. The number of anilines is 1. The molecule has 0 radical (unpaired) electrons. The minimum Gasteiger partial charge on any atom is -0.323 e. The number of aromatic nitrogens is 2. The van der Waals surface area contributed by atoms with E-state index in [1.807, 2.05) is 6.92 Å². The fourth-order valence-corrected chi connectivity index (χ4v) is 2.73. The summed E-state index contributed by atoms with van der Waals surface area (Å²) in [7, 11) is 0. The number of carbonyl (C=O) groups excluding carboxylic acids is 1. The summed E-state index contributed by atoms with van der Waals surface area (Å²) in [6, 6.07) is 0. The van der Waals surface area contributed by atoms with Gasteiger partial charge in [0, 0.05) is 12.6 Å². The largest absolute Gasteiger partial charge is 0.408 e. The average molecular weight is 318 g/mol. The van der Waals surface area contributed by atoms with Crippen molar-refractivity contribution in [2.75, 3.05) is 18.4 Å². The maximum absolute atomic E-state index is 12.2. The fourth-order valence-electron chi connectivity index (χ4n) is 2.73. The quantitative estimate of drug-likeness (QED) is 0.876. The zero-order valence-corrected chi connectivity index (χ0v) is 12.5. The predicted molar refractivity (Wildman–Crippen MR) is 76.3 cm³/mol. The Morgan fingerprint density at radius 2 is 2.36 bits per heavy atom. The molecule has 2 heterocycles. The SMILES string of the molecule is CC(CC(=O)Nc1cnn(CC(F)(F)F)c1)C1CCCNC1. The molecule has 1 aromatic rings. The predicted octanol–water partition coefficient (Wildman–Crippen LogP) is 2.41. The van der Waals surface area contributed by atoms with E-state index >= 15 is 0 Å². The van der Waals surface area contributed by atoms with Crippen molar-refractivity contribution in [3.05, 3.63) is 12.4 Å². The molecule has 0 aliphatic carbocycles. The standard InChI is InChI=1S/C14H21F3N4O/c1-10(11-3-2-4-18-6-11)5-13(22)20-12-7-19-21(8-12)9-14(15,16)17/h7-8,10-11,18H,2-6,9H2,1H3,(H,20,22). The van der Waals surface area contributed by atoms with Gasteiger partial charge in [-0.1, -0.05) is 6.92 Å². The highest BCUT2D eigenvalue weighted by atomic mass is 19.4. The summed E-state index contributed by atoms with van der Waals surface area (Å²) < 4.78 is 37.5. The number of amides is 1. The Labute approximate surface area is 127 Å². The number of rotatable bonds is 5. The number of halogens is 3. The first-order chi connectivity index (χ1) is 10.3. The lowest BCUT2D eigenvalue weighted by atomic mass is 9.85.